The predicted octanol–water partition coefficient (Wildman–Crippen LogP) is 4.38. The lowest BCUT2D eigenvalue weighted by Gasteiger charge is -2.15. The van der Waals surface area contributed by atoms with Crippen LogP contribution in [-0.4, -0.2) is 29.0 Å². The molecule has 0 bridgehead atoms. The standard InChI is InChI=1S/C22H19ClN2O3/c1-13(21(26)24-14-10-11-14)28-22(27)17-12-20(16-7-2-4-8-18(16)23)25-19-9-5-3-6-15(17)19/h2-9,12-14H,10-11H2,1H3,(H,24,26)/t13-/m0/s1. The van der Waals surface area contributed by atoms with Crippen LogP contribution < -0.4 is 5.32 Å². The van der Waals surface area contributed by atoms with Crippen molar-refractivity contribution in [2.24, 2.45) is 0 Å². The van der Waals surface area contributed by atoms with E-state index in [1.165, 1.54) is 0 Å². The minimum Gasteiger partial charge on any atom is -0.449 e. The number of nitrogens with zero attached hydrogens (tertiary/aromatic N) is 1. The largest absolute Gasteiger partial charge is 0.449 e. The molecule has 1 aromatic heterocycles. The zero-order chi connectivity index (χ0) is 19.7. The quantitative estimate of drug-likeness (QED) is 0.652. The van der Waals surface area contributed by atoms with Crippen molar-refractivity contribution in [3.05, 3.63) is 65.2 Å². The Balaban J connectivity index is 1.69. The van der Waals surface area contributed by atoms with Crippen LogP contribution in [0.5, 0.6) is 0 Å². The first kappa shape index (κ1) is 18.4. The van der Waals surface area contributed by atoms with E-state index in [2.05, 4.69) is 10.3 Å². The molecule has 6 heteroatoms. The fraction of sp³-hybridized carbons (Fsp3) is 0.227. The minimum absolute atomic E-state index is 0.210. The molecule has 1 atom stereocenters. The van der Waals surface area contributed by atoms with Gasteiger partial charge < -0.3 is 10.1 Å². The lowest BCUT2D eigenvalue weighted by atomic mass is 10.0. The number of carbonyl (C=O) groups excluding carboxylic acids is 2. The summed E-state index contributed by atoms with van der Waals surface area (Å²) in [6, 6.07) is 16.5. The van der Waals surface area contributed by atoms with Gasteiger partial charge in [0.25, 0.3) is 5.91 Å². The van der Waals surface area contributed by atoms with Gasteiger partial charge in [0.05, 0.1) is 16.8 Å². The van der Waals surface area contributed by atoms with Crippen molar-refractivity contribution in [3.8, 4) is 11.3 Å². The molecule has 1 saturated carbocycles. The van der Waals surface area contributed by atoms with Crippen molar-refractivity contribution in [3.63, 3.8) is 0 Å². The highest BCUT2D eigenvalue weighted by Crippen LogP contribution is 2.30. The summed E-state index contributed by atoms with van der Waals surface area (Å²) in [5.41, 5.74) is 2.31. The lowest BCUT2D eigenvalue weighted by Crippen LogP contribution is -2.37. The third-order valence-electron chi connectivity index (χ3n) is 4.66. The van der Waals surface area contributed by atoms with E-state index in [-0.39, 0.29) is 11.9 Å². The molecule has 28 heavy (non-hydrogen) atoms. The number of para-hydroxylation sites is 1. The smallest absolute Gasteiger partial charge is 0.339 e. The maximum Gasteiger partial charge on any atom is 0.339 e. The number of pyridine rings is 1. The third-order valence-corrected chi connectivity index (χ3v) is 4.99. The van der Waals surface area contributed by atoms with Gasteiger partial charge in [0, 0.05) is 22.0 Å². The Bertz CT molecular complexity index is 1060. The van der Waals surface area contributed by atoms with Crippen LogP contribution in [-0.2, 0) is 9.53 Å². The summed E-state index contributed by atoms with van der Waals surface area (Å²) in [6.45, 7) is 1.58. The molecule has 1 fully saturated rings. The summed E-state index contributed by atoms with van der Waals surface area (Å²) in [5.74, 6) is -0.842. The van der Waals surface area contributed by atoms with E-state index < -0.39 is 12.1 Å². The van der Waals surface area contributed by atoms with Gasteiger partial charge in [0.1, 0.15) is 0 Å². The molecule has 5 nitrogen and oxygen atoms in total. The van der Waals surface area contributed by atoms with Crippen molar-refractivity contribution in [1.29, 1.82) is 0 Å². The number of hydrogen-bond acceptors (Lipinski definition) is 4. The molecule has 1 aliphatic rings. The number of esters is 1. The number of carbonyl (C=O) groups is 2. The lowest BCUT2D eigenvalue weighted by molar-refractivity contribution is -0.129. The first-order valence-electron chi connectivity index (χ1n) is 9.19. The average molecular weight is 395 g/mol. The molecule has 1 aliphatic carbocycles. The van der Waals surface area contributed by atoms with Crippen LogP contribution in [0.25, 0.3) is 22.2 Å². The number of rotatable bonds is 5. The van der Waals surface area contributed by atoms with Crippen molar-refractivity contribution in [2.45, 2.75) is 31.9 Å². The summed E-state index contributed by atoms with van der Waals surface area (Å²) in [5, 5.41) is 4.05. The van der Waals surface area contributed by atoms with Gasteiger partial charge in [-0.25, -0.2) is 9.78 Å². The van der Waals surface area contributed by atoms with Gasteiger partial charge in [-0.1, -0.05) is 48.0 Å². The normalized spacial score (nSPS) is 14.5. The fourth-order valence-electron chi connectivity index (χ4n) is 2.97. The summed E-state index contributed by atoms with van der Waals surface area (Å²) in [6.07, 6.45) is 1.08. The first-order chi connectivity index (χ1) is 13.5. The number of fused-ring (bicyclic) bond motifs is 1. The summed E-state index contributed by atoms with van der Waals surface area (Å²) in [4.78, 5) is 29.7. The van der Waals surface area contributed by atoms with Gasteiger partial charge in [-0.15, -0.1) is 0 Å². The van der Waals surface area contributed by atoms with E-state index in [0.717, 1.165) is 18.4 Å². The Morgan fingerprint density at radius 2 is 1.86 bits per heavy atom. The second-order valence-electron chi connectivity index (χ2n) is 6.88. The maximum atomic E-state index is 12.9. The van der Waals surface area contributed by atoms with Gasteiger partial charge in [0.15, 0.2) is 6.10 Å². The number of ether oxygens (including phenoxy) is 1. The maximum absolute atomic E-state index is 12.9. The van der Waals surface area contributed by atoms with Crippen LogP contribution >= 0.6 is 11.6 Å². The zero-order valence-electron chi connectivity index (χ0n) is 15.3. The molecule has 0 spiro atoms. The van der Waals surface area contributed by atoms with Crippen LogP contribution in [0.1, 0.15) is 30.1 Å². The molecule has 1 amide bonds. The van der Waals surface area contributed by atoms with Gasteiger partial charge in [0.2, 0.25) is 0 Å². The Hall–Kier alpha value is -2.92. The number of halogens is 1. The van der Waals surface area contributed by atoms with Gasteiger partial charge >= 0.3 is 5.97 Å². The monoisotopic (exact) mass is 394 g/mol. The molecule has 4 rings (SSSR count). The van der Waals surface area contributed by atoms with E-state index in [1.807, 2.05) is 42.5 Å². The van der Waals surface area contributed by atoms with Crippen LogP contribution in [0.3, 0.4) is 0 Å². The summed E-state index contributed by atoms with van der Waals surface area (Å²) >= 11 is 6.31. The number of benzene rings is 2. The van der Waals surface area contributed by atoms with Crippen LogP contribution in [0, 0.1) is 0 Å². The van der Waals surface area contributed by atoms with Crippen molar-refractivity contribution < 1.29 is 14.3 Å². The van der Waals surface area contributed by atoms with Crippen molar-refractivity contribution in [1.82, 2.24) is 10.3 Å². The molecule has 0 aliphatic heterocycles. The topological polar surface area (TPSA) is 68.3 Å². The van der Waals surface area contributed by atoms with Gasteiger partial charge in [-0.3, -0.25) is 4.79 Å². The van der Waals surface area contributed by atoms with E-state index in [0.29, 0.717) is 27.2 Å². The zero-order valence-corrected chi connectivity index (χ0v) is 16.1. The predicted molar refractivity (Wildman–Crippen MR) is 108 cm³/mol. The van der Waals surface area contributed by atoms with E-state index >= 15 is 0 Å². The van der Waals surface area contributed by atoms with Crippen LogP contribution in [0.15, 0.2) is 54.6 Å². The molecule has 142 valence electrons. The second-order valence-corrected chi connectivity index (χ2v) is 7.29. The fourth-order valence-corrected chi connectivity index (χ4v) is 3.21. The molecule has 0 unspecified atom stereocenters. The van der Waals surface area contributed by atoms with Crippen LogP contribution in [0.4, 0.5) is 0 Å². The second kappa shape index (κ2) is 7.60. The van der Waals surface area contributed by atoms with E-state index in [9.17, 15) is 9.59 Å². The SMILES string of the molecule is C[C@H](OC(=O)c1cc(-c2ccccc2Cl)nc2ccccc12)C(=O)NC1CC1. The van der Waals surface area contributed by atoms with Crippen molar-refractivity contribution >= 4 is 34.4 Å². The average Bonchev–Trinajstić information content (AvgIpc) is 3.51. The Labute approximate surface area is 167 Å². The van der Waals surface area contributed by atoms with E-state index in [1.54, 1.807) is 19.1 Å². The number of nitrogens with one attached hydrogen (secondary N) is 1. The van der Waals surface area contributed by atoms with Crippen LogP contribution in [0.2, 0.25) is 5.02 Å². The molecule has 3 aromatic rings. The molecule has 0 saturated heterocycles. The number of aromatic nitrogens is 1. The molecular weight excluding hydrogens is 376 g/mol. The van der Waals surface area contributed by atoms with Gasteiger partial charge in [-0.2, -0.15) is 0 Å². The molecule has 0 radical (unpaired) electrons. The molecular formula is C22H19ClN2O3. The Morgan fingerprint density at radius 3 is 2.61 bits per heavy atom. The molecule has 2 aromatic carbocycles. The summed E-state index contributed by atoms with van der Waals surface area (Å²) in [7, 11) is 0. The van der Waals surface area contributed by atoms with Crippen molar-refractivity contribution in [2.75, 3.05) is 0 Å². The first-order valence-corrected chi connectivity index (χ1v) is 9.57. The highest BCUT2D eigenvalue weighted by atomic mass is 35.5. The minimum atomic E-state index is -0.871. The highest BCUT2D eigenvalue weighted by Gasteiger charge is 2.28. The highest BCUT2D eigenvalue weighted by molar-refractivity contribution is 6.33. The molecule has 1 N–H and O–H groups in total. The summed E-state index contributed by atoms with van der Waals surface area (Å²) < 4.78 is 5.44. The van der Waals surface area contributed by atoms with E-state index in [4.69, 9.17) is 16.3 Å². The third kappa shape index (κ3) is 3.85. The number of hydrogen-bond donors (Lipinski definition) is 1. The van der Waals surface area contributed by atoms with Gasteiger partial charge in [-0.05, 0) is 38.0 Å². The number of amides is 1. The Kier molecular flexibility index (Phi) is 5.01. The molecule has 1 heterocycles. The Morgan fingerprint density at radius 1 is 1.14 bits per heavy atom.